The van der Waals surface area contributed by atoms with Crippen molar-refractivity contribution in [3.63, 3.8) is 0 Å². The SMILES string of the molecule is CC1CC2CB(Br)C(C)(C)CC(C1)C2. The molecule has 0 radical (unpaired) electrons. The summed E-state index contributed by atoms with van der Waals surface area (Å²) in [5.74, 6) is 3.00. The Morgan fingerprint density at radius 2 is 1.79 bits per heavy atom. The zero-order valence-corrected chi connectivity index (χ0v) is 11.3. The fourth-order valence-electron chi connectivity index (χ4n) is 3.74. The van der Waals surface area contributed by atoms with Crippen LogP contribution in [0.5, 0.6) is 0 Å². The molecule has 14 heavy (non-hydrogen) atoms. The molecule has 2 heteroatoms. The van der Waals surface area contributed by atoms with Crippen molar-refractivity contribution in [2.75, 3.05) is 0 Å². The largest absolute Gasteiger partial charge is 0.228 e. The summed E-state index contributed by atoms with van der Waals surface area (Å²) in [5, 5.41) is 0.517. The molecule has 1 heterocycles. The Hall–Kier alpha value is 0.545. The van der Waals surface area contributed by atoms with Gasteiger partial charge in [0.15, 0.2) is 0 Å². The normalized spacial score (nSPS) is 42.0. The Balaban J connectivity index is 2.14. The van der Waals surface area contributed by atoms with E-state index in [4.69, 9.17) is 0 Å². The maximum Gasteiger partial charge on any atom is 0.228 e. The minimum atomic E-state index is 0.517. The topological polar surface area (TPSA) is 0 Å². The summed E-state index contributed by atoms with van der Waals surface area (Å²) in [6.45, 7) is 7.33. The highest BCUT2D eigenvalue weighted by Gasteiger charge is 2.41. The van der Waals surface area contributed by atoms with E-state index in [1.54, 1.807) is 0 Å². The highest BCUT2D eigenvalue weighted by atomic mass is 79.9. The second-order valence-electron chi connectivity index (χ2n) is 6.44. The molecule has 0 aromatic carbocycles. The maximum absolute atomic E-state index is 3.92. The number of hydrogen-bond acceptors (Lipinski definition) is 0. The van der Waals surface area contributed by atoms with Crippen molar-refractivity contribution in [1.29, 1.82) is 0 Å². The van der Waals surface area contributed by atoms with Gasteiger partial charge in [0.2, 0.25) is 5.54 Å². The molecule has 2 fully saturated rings. The minimum Gasteiger partial charge on any atom is -0.156 e. The first-order chi connectivity index (χ1) is 6.47. The predicted molar refractivity (Wildman–Crippen MR) is 68.1 cm³/mol. The molecule has 1 saturated heterocycles. The lowest BCUT2D eigenvalue weighted by Gasteiger charge is -2.32. The highest BCUT2D eigenvalue weighted by molar-refractivity contribution is 9.24. The standard InChI is InChI=1S/C12H22BBr/c1-9-4-10-6-11(5-9)8-13(14)12(2,3)7-10/h9-11H,4-8H2,1-3H3. The van der Waals surface area contributed by atoms with Crippen molar-refractivity contribution in [3.8, 4) is 0 Å². The van der Waals surface area contributed by atoms with Gasteiger partial charge in [0.25, 0.3) is 0 Å². The molecule has 0 nitrogen and oxygen atoms in total. The molecule has 0 aromatic rings. The van der Waals surface area contributed by atoms with Crippen LogP contribution in [0, 0.1) is 17.8 Å². The zero-order valence-electron chi connectivity index (χ0n) is 9.72. The summed E-state index contributed by atoms with van der Waals surface area (Å²) in [6, 6.07) is 0. The molecule has 2 rings (SSSR count). The highest BCUT2D eigenvalue weighted by Crippen LogP contribution is 2.51. The van der Waals surface area contributed by atoms with Gasteiger partial charge in [0.05, 0.1) is 0 Å². The third-order valence-corrected chi connectivity index (χ3v) is 5.95. The molecule has 2 bridgehead atoms. The molecular formula is C12H22BBr. The molecule has 0 N–H and O–H groups in total. The lowest BCUT2D eigenvalue weighted by molar-refractivity contribution is 0.208. The molecule has 3 atom stereocenters. The molecule has 0 amide bonds. The number of hydrogen-bond donors (Lipinski definition) is 0. The van der Waals surface area contributed by atoms with E-state index in [0.717, 1.165) is 23.3 Å². The second kappa shape index (κ2) is 3.85. The van der Waals surface area contributed by atoms with Gasteiger partial charge in [-0.1, -0.05) is 33.5 Å². The van der Waals surface area contributed by atoms with E-state index < -0.39 is 0 Å². The maximum atomic E-state index is 3.92. The average molecular weight is 257 g/mol. The fourth-order valence-corrected chi connectivity index (χ4v) is 4.46. The van der Waals surface area contributed by atoms with E-state index in [-0.39, 0.29) is 0 Å². The van der Waals surface area contributed by atoms with Crippen LogP contribution < -0.4 is 0 Å². The van der Waals surface area contributed by atoms with E-state index in [1.165, 1.54) is 32.0 Å². The van der Waals surface area contributed by atoms with E-state index in [1.807, 2.05) is 0 Å². The average Bonchev–Trinajstić information content (AvgIpc) is 2.06. The quantitative estimate of drug-likeness (QED) is 0.556. The Kier molecular flexibility index (Phi) is 3.03. The van der Waals surface area contributed by atoms with Crippen LogP contribution in [0.4, 0.5) is 0 Å². The summed E-state index contributed by atoms with van der Waals surface area (Å²) in [6.07, 6.45) is 7.32. The lowest BCUT2D eigenvalue weighted by atomic mass is 9.50. The molecule has 1 aliphatic heterocycles. The molecule has 3 unspecified atom stereocenters. The van der Waals surface area contributed by atoms with Crippen molar-refractivity contribution in [3.05, 3.63) is 0 Å². The van der Waals surface area contributed by atoms with Crippen molar-refractivity contribution in [1.82, 2.24) is 0 Å². The summed E-state index contributed by atoms with van der Waals surface area (Å²) >= 11 is 3.92. The van der Waals surface area contributed by atoms with Crippen molar-refractivity contribution in [2.24, 2.45) is 17.8 Å². The van der Waals surface area contributed by atoms with Gasteiger partial charge in [-0.05, 0) is 42.3 Å². The first-order valence-electron chi connectivity index (χ1n) is 6.11. The van der Waals surface area contributed by atoms with Gasteiger partial charge in [-0.3, -0.25) is 0 Å². The molecule has 1 saturated carbocycles. The second-order valence-corrected chi connectivity index (χ2v) is 7.55. The van der Waals surface area contributed by atoms with Crippen molar-refractivity contribution < 1.29 is 0 Å². The van der Waals surface area contributed by atoms with Gasteiger partial charge in [-0.25, -0.2) is 0 Å². The molecular weight excluding hydrogens is 235 g/mol. The van der Waals surface area contributed by atoms with Gasteiger partial charge in [0.1, 0.15) is 0 Å². The number of rotatable bonds is 0. The minimum absolute atomic E-state index is 0.517. The van der Waals surface area contributed by atoms with Gasteiger partial charge in [0, 0.05) is 0 Å². The van der Waals surface area contributed by atoms with Crippen LogP contribution in [0.25, 0.3) is 0 Å². The van der Waals surface area contributed by atoms with Crippen LogP contribution in [0.2, 0.25) is 11.6 Å². The first-order valence-corrected chi connectivity index (χ1v) is 7.03. The van der Waals surface area contributed by atoms with E-state index in [2.05, 4.69) is 36.5 Å². The Morgan fingerprint density at radius 3 is 2.50 bits per heavy atom. The Labute approximate surface area is 97.3 Å². The lowest BCUT2D eigenvalue weighted by Crippen LogP contribution is -2.21. The van der Waals surface area contributed by atoms with Crippen LogP contribution in [-0.2, 0) is 0 Å². The number of fused-ring (bicyclic) bond motifs is 2. The van der Waals surface area contributed by atoms with Crippen LogP contribution >= 0.6 is 15.8 Å². The van der Waals surface area contributed by atoms with E-state index >= 15 is 0 Å². The predicted octanol–water partition coefficient (Wildman–Crippen LogP) is 4.61. The third kappa shape index (κ3) is 2.20. The van der Waals surface area contributed by atoms with E-state index in [0.29, 0.717) is 5.31 Å². The smallest absolute Gasteiger partial charge is 0.156 e. The third-order valence-electron chi connectivity index (χ3n) is 4.34. The Bertz CT molecular complexity index is 214. The van der Waals surface area contributed by atoms with Gasteiger partial charge < -0.3 is 0 Å². The van der Waals surface area contributed by atoms with Gasteiger partial charge >= 0.3 is 0 Å². The van der Waals surface area contributed by atoms with Crippen LogP contribution in [0.1, 0.15) is 46.5 Å². The summed E-state index contributed by atoms with van der Waals surface area (Å²) in [5.41, 5.74) is 0.746. The van der Waals surface area contributed by atoms with Crippen LogP contribution in [0.3, 0.4) is 0 Å². The molecule has 0 spiro atoms. The van der Waals surface area contributed by atoms with Crippen LogP contribution in [-0.4, -0.2) is 5.54 Å². The van der Waals surface area contributed by atoms with Crippen molar-refractivity contribution in [2.45, 2.75) is 58.1 Å². The fraction of sp³-hybridized carbons (Fsp3) is 1.00. The first kappa shape index (κ1) is 11.0. The monoisotopic (exact) mass is 256 g/mol. The summed E-state index contributed by atoms with van der Waals surface area (Å²) in [7, 11) is 0. The van der Waals surface area contributed by atoms with Gasteiger partial charge in [-0.2, -0.15) is 15.8 Å². The van der Waals surface area contributed by atoms with Gasteiger partial charge in [-0.15, -0.1) is 0 Å². The van der Waals surface area contributed by atoms with E-state index in [9.17, 15) is 0 Å². The summed E-state index contributed by atoms with van der Waals surface area (Å²) < 4.78 is 0. The Morgan fingerprint density at radius 1 is 1.14 bits per heavy atom. The summed E-state index contributed by atoms with van der Waals surface area (Å²) in [4.78, 5) is 0. The molecule has 0 aromatic heterocycles. The van der Waals surface area contributed by atoms with Crippen molar-refractivity contribution >= 4 is 21.3 Å². The van der Waals surface area contributed by atoms with Crippen LogP contribution in [0.15, 0.2) is 0 Å². The zero-order chi connectivity index (χ0) is 10.3. The molecule has 1 aliphatic carbocycles. The molecule has 2 aliphatic rings. The molecule has 80 valence electrons. The number of halogens is 1.